The first-order valence-electron chi connectivity index (χ1n) is 6.51. The van der Waals surface area contributed by atoms with E-state index in [2.05, 4.69) is 15.0 Å². The van der Waals surface area contributed by atoms with Crippen LogP contribution in [0, 0.1) is 0 Å². The Morgan fingerprint density at radius 2 is 2.14 bits per heavy atom. The Balaban J connectivity index is 2.41. The van der Waals surface area contributed by atoms with E-state index in [0.29, 0.717) is 11.4 Å². The summed E-state index contributed by atoms with van der Waals surface area (Å²) in [7, 11) is 0. The number of fused-ring (bicyclic) bond motifs is 2. The first-order valence-corrected chi connectivity index (χ1v) is 6.51. The minimum atomic E-state index is -0.308. The number of rotatable bonds is 2. The number of nitrogen functional groups attached to an aromatic ring is 1. The van der Waals surface area contributed by atoms with Crippen molar-refractivity contribution in [1.82, 2.24) is 15.0 Å². The smallest absolute Gasteiger partial charge is 0.232 e. The molecule has 108 valence electrons. The maximum atomic E-state index is 12.5. The zero-order valence-corrected chi connectivity index (χ0v) is 11.6. The Bertz CT molecular complexity index is 902. The third kappa shape index (κ3) is 2.11. The number of hydrogen-bond donors (Lipinski definition) is 2. The molecule has 0 amide bonds. The standard InChI is InChI=1S/C14H14N4O3/c1-6(2)13-16-4-9-10(17-13)11(20)8-3-7(5-19)12(15)18-14(8)21-9/h3-4,6,19H,5H2,1-2H3,(H2,15,18). The van der Waals surface area contributed by atoms with Gasteiger partial charge in [-0.1, -0.05) is 13.8 Å². The van der Waals surface area contributed by atoms with Gasteiger partial charge in [0.15, 0.2) is 11.1 Å². The van der Waals surface area contributed by atoms with E-state index in [4.69, 9.17) is 10.2 Å². The van der Waals surface area contributed by atoms with E-state index < -0.39 is 0 Å². The molecule has 0 fully saturated rings. The minimum Gasteiger partial charge on any atom is -0.434 e. The van der Waals surface area contributed by atoms with Crippen LogP contribution >= 0.6 is 0 Å². The SMILES string of the molecule is CC(C)c1ncc2oc3nc(N)c(CO)cc3c(=O)c2n1. The maximum absolute atomic E-state index is 12.5. The minimum absolute atomic E-state index is 0.0991. The van der Waals surface area contributed by atoms with Crippen LogP contribution in [-0.4, -0.2) is 20.1 Å². The molecule has 3 aromatic rings. The highest BCUT2D eigenvalue weighted by Crippen LogP contribution is 2.20. The summed E-state index contributed by atoms with van der Waals surface area (Å²) in [6, 6.07) is 1.49. The Labute approximate surface area is 119 Å². The largest absolute Gasteiger partial charge is 0.434 e. The molecular weight excluding hydrogens is 272 g/mol. The zero-order chi connectivity index (χ0) is 15.1. The molecule has 0 saturated carbocycles. The lowest BCUT2D eigenvalue weighted by molar-refractivity contribution is 0.282. The van der Waals surface area contributed by atoms with Crippen molar-refractivity contribution in [2.45, 2.75) is 26.4 Å². The van der Waals surface area contributed by atoms with E-state index in [-0.39, 0.29) is 46.0 Å². The normalized spacial score (nSPS) is 11.6. The number of aliphatic hydroxyl groups excluding tert-OH is 1. The molecule has 0 radical (unpaired) electrons. The molecule has 3 heterocycles. The molecule has 21 heavy (non-hydrogen) atoms. The highest BCUT2D eigenvalue weighted by atomic mass is 16.3. The molecule has 0 unspecified atom stereocenters. The van der Waals surface area contributed by atoms with Crippen LogP contribution in [-0.2, 0) is 6.61 Å². The van der Waals surface area contributed by atoms with Gasteiger partial charge in [-0.05, 0) is 6.07 Å². The monoisotopic (exact) mass is 286 g/mol. The van der Waals surface area contributed by atoms with Crippen LogP contribution in [0.2, 0.25) is 0 Å². The summed E-state index contributed by atoms with van der Waals surface area (Å²) in [6.07, 6.45) is 1.47. The van der Waals surface area contributed by atoms with Gasteiger partial charge >= 0.3 is 0 Å². The summed E-state index contributed by atoms with van der Waals surface area (Å²) in [6.45, 7) is 3.58. The van der Waals surface area contributed by atoms with Crippen LogP contribution in [0.4, 0.5) is 5.82 Å². The van der Waals surface area contributed by atoms with Gasteiger partial charge in [0, 0.05) is 11.5 Å². The molecule has 0 saturated heterocycles. The third-order valence-corrected chi connectivity index (χ3v) is 3.23. The predicted molar refractivity (Wildman–Crippen MR) is 77.8 cm³/mol. The molecule has 3 N–H and O–H groups in total. The van der Waals surface area contributed by atoms with Crippen molar-refractivity contribution in [3.05, 3.63) is 33.9 Å². The van der Waals surface area contributed by atoms with E-state index in [1.807, 2.05) is 13.8 Å². The molecule has 3 rings (SSSR count). The van der Waals surface area contributed by atoms with Gasteiger partial charge in [0.25, 0.3) is 0 Å². The molecular formula is C14H14N4O3. The fourth-order valence-electron chi connectivity index (χ4n) is 2.05. The fourth-order valence-corrected chi connectivity index (χ4v) is 2.05. The van der Waals surface area contributed by atoms with Crippen LogP contribution < -0.4 is 11.2 Å². The van der Waals surface area contributed by atoms with Crippen LogP contribution in [0.3, 0.4) is 0 Å². The lowest BCUT2D eigenvalue weighted by Crippen LogP contribution is -2.10. The number of aromatic nitrogens is 3. The third-order valence-electron chi connectivity index (χ3n) is 3.23. The number of pyridine rings is 1. The summed E-state index contributed by atoms with van der Waals surface area (Å²) in [5.41, 5.74) is 6.35. The Morgan fingerprint density at radius 1 is 1.38 bits per heavy atom. The molecule has 0 aliphatic rings. The van der Waals surface area contributed by atoms with Gasteiger partial charge in [-0.2, -0.15) is 4.98 Å². The molecule has 0 aliphatic carbocycles. The number of nitrogens with two attached hydrogens (primary N) is 1. The molecule has 7 nitrogen and oxygen atoms in total. The number of anilines is 1. The van der Waals surface area contributed by atoms with Crippen molar-refractivity contribution in [2.24, 2.45) is 0 Å². The molecule has 0 bridgehead atoms. The molecule has 0 spiro atoms. The van der Waals surface area contributed by atoms with E-state index in [1.165, 1.54) is 12.3 Å². The number of aliphatic hydroxyl groups is 1. The summed E-state index contributed by atoms with van der Waals surface area (Å²) in [5, 5.41) is 9.47. The van der Waals surface area contributed by atoms with Crippen molar-refractivity contribution in [2.75, 3.05) is 5.73 Å². The summed E-state index contributed by atoms with van der Waals surface area (Å²) < 4.78 is 5.54. The molecule has 3 aromatic heterocycles. The van der Waals surface area contributed by atoms with Gasteiger partial charge in [0.2, 0.25) is 11.1 Å². The predicted octanol–water partition coefficient (Wildman–Crippen LogP) is 1.33. The highest BCUT2D eigenvalue weighted by molar-refractivity contribution is 5.86. The Kier molecular flexibility index (Phi) is 3.06. The average Bonchev–Trinajstić information content (AvgIpc) is 2.46. The topological polar surface area (TPSA) is 115 Å². The Morgan fingerprint density at radius 3 is 2.81 bits per heavy atom. The van der Waals surface area contributed by atoms with Crippen LogP contribution in [0.1, 0.15) is 31.2 Å². The van der Waals surface area contributed by atoms with Crippen molar-refractivity contribution in [3.63, 3.8) is 0 Å². The van der Waals surface area contributed by atoms with Crippen LogP contribution in [0.5, 0.6) is 0 Å². The first-order chi connectivity index (χ1) is 10.0. The lowest BCUT2D eigenvalue weighted by atomic mass is 10.2. The fraction of sp³-hybridized carbons (Fsp3) is 0.286. The zero-order valence-electron chi connectivity index (χ0n) is 11.6. The quantitative estimate of drug-likeness (QED) is 0.683. The summed E-state index contributed by atoms with van der Waals surface area (Å²) in [5.74, 6) is 0.800. The second-order valence-electron chi connectivity index (χ2n) is 5.07. The van der Waals surface area contributed by atoms with Gasteiger partial charge in [0.1, 0.15) is 11.6 Å². The first kappa shape index (κ1) is 13.4. The van der Waals surface area contributed by atoms with E-state index in [1.54, 1.807) is 0 Å². The van der Waals surface area contributed by atoms with Gasteiger partial charge < -0.3 is 15.3 Å². The number of nitrogens with zero attached hydrogens (tertiary/aromatic N) is 3. The van der Waals surface area contributed by atoms with Gasteiger partial charge in [-0.15, -0.1) is 0 Å². The second-order valence-corrected chi connectivity index (χ2v) is 5.07. The van der Waals surface area contributed by atoms with Crippen molar-refractivity contribution in [3.8, 4) is 0 Å². The van der Waals surface area contributed by atoms with Crippen LogP contribution in [0.15, 0.2) is 21.5 Å². The van der Waals surface area contributed by atoms with Gasteiger partial charge in [0.05, 0.1) is 18.2 Å². The van der Waals surface area contributed by atoms with Gasteiger partial charge in [-0.25, -0.2) is 9.97 Å². The van der Waals surface area contributed by atoms with Crippen molar-refractivity contribution < 1.29 is 9.52 Å². The average molecular weight is 286 g/mol. The second kappa shape index (κ2) is 4.78. The van der Waals surface area contributed by atoms with E-state index in [0.717, 1.165) is 0 Å². The molecule has 0 aromatic carbocycles. The summed E-state index contributed by atoms with van der Waals surface area (Å²) >= 11 is 0. The lowest BCUT2D eigenvalue weighted by Gasteiger charge is -2.06. The number of hydrogen-bond acceptors (Lipinski definition) is 7. The van der Waals surface area contributed by atoms with Crippen molar-refractivity contribution in [1.29, 1.82) is 0 Å². The van der Waals surface area contributed by atoms with E-state index >= 15 is 0 Å². The molecule has 7 heteroatoms. The van der Waals surface area contributed by atoms with Gasteiger partial charge in [-0.3, -0.25) is 4.79 Å². The van der Waals surface area contributed by atoms with Crippen molar-refractivity contribution >= 4 is 28.0 Å². The maximum Gasteiger partial charge on any atom is 0.232 e. The molecule has 0 aliphatic heterocycles. The highest BCUT2D eigenvalue weighted by Gasteiger charge is 2.14. The molecule has 0 atom stereocenters. The van der Waals surface area contributed by atoms with E-state index in [9.17, 15) is 9.90 Å². The summed E-state index contributed by atoms with van der Waals surface area (Å²) in [4.78, 5) is 25.0. The Hall–Kier alpha value is -2.54. The van der Waals surface area contributed by atoms with Crippen LogP contribution in [0.25, 0.3) is 22.2 Å².